The lowest BCUT2D eigenvalue weighted by molar-refractivity contribution is -0.214. The fourth-order valence-corrected chi connectivity index (χ4v) is 8.59. The van der Waals surface area contributed by atoms with Crippen LogP contribution in [-0.2, 0) is 38.1 Å². The third-order valence-corrected chi connectivity index (χ3v) is 10.9. The lowest BCUT2D eigenvalue weighted by atomic mass is 9.50. The smallest absolute Gasteiger partial charge is 0.312 e. The summed E-state index contributed by atoms with van der Waals surface area (Å²) in [7, 11) is 1.33. The van der Waals surface area contributed by atoms with Gasteiger partial charge in [-0.15, -0.1) is 0 Å². The fraction of sp³-hybridized carbons (Fsp3) is 0.875. The predicted molar refractivity (Wildman–Crippen MR) is 148 cm³/mol. The van der Waals surface area contributed by atoms with E-state index in [0.717, 1.165) is 37.5 Å². The first-order chi connectivity index (χ1) is 18.5. The van der Waals surface area contributed by atoms with Crippen LogP contribution < -0.4 is 0 Å². The van der Waals surface area contributed by atoms with E-state index in [1.54, 1.807) is 27.7 Å². The average Bonchev–Trinajstić information content (AvgIpc) is 2.85. The summed E-state index contributed by atoms with van der Waals surface area (Å²) in [4.78, 5) is 52.6. The van der Waals surface area contributed by atoms with Crippen molar-refractivity contribution in [1.29, 1.82) is 0 Å². The number of methoxy groups -OCH3 is 1. The van der Waals surface area contributed by atoms with Gasteiger partial charge in [0.05, 0.1) is 36.4 Å². The Kier molecular flexibility index (Phi) is 8.18. The lowest BCUT2D eigenvalue weighted by Gasteiger charge is -2.59. The molecule has 0 radical (unpaired) electrons. The molecule has 0 N–H and O–H groups in total. The Balaban J connectivity index is 1.51. The molecule has 226 valence electrons. The second-order valence-corrected chi connectivity index (χ2v) is 15.1. The summed E-state index contributed by atoms with van der Waals surface area (Å²) in [6.07, 6.45) is 7.03. The average molecular weight is 563 g/mol. The van der Waals surface area contributed by atoms with Crippen molar-refractivity contribution < 1.29 is 38.1 Å². The summed E-state index contributed by atoms with van der Waals surface area (Å²) in [6, 6.07) is 0. The highest BCUT2D eigenvalue weighted by molar-refractivity contribution is 5.83. The van der Waals surface area contributed by atoms with Gasteiger partial charge in [0.1, 0.15) is 11.2 Å². The van der Waals surface area contributed by atoms with E-state index >= 15 is 0 Å². The second-order valence-electron chi connectivity index (χ2n) is 15.1. The number of ether oxygens (including phenoxy) is 4. The normalized spacial score (nSPS) is 36.1. The highest BCUT2D eigenvalue weighted by Gasteiger charge is 2.59. The van der Waals surface area contributed by atoms with E-state index in [2.05, 4.69) is 6.92 Å². The van der Waals surface area contributed by atoms with Crippen LogP contribution >= 0.6 is 0 Å². The number of hydrogen-bond acceptors (Lipinski definition) is 8. The molecule has 3 unspecified atom stereocenters. The molecule has 0 aromatic carbocycles. The molecule has 1 aliphatic heterocycles. The van der Waals surface area contributed by atoms with E-state index in [9.17, 15) is 19.2 Å². The first-order valence-corrected chi connectivity index (χ1v) is 15.2. The number of rotatable bonds is 10. The van der Waals surface area contributed by atoms with Crippen molar-refractivity contribution in [2.45, 2.75) is 124 Å². The van der Waals surface area contributed by atoms with Crippen molar-refractivity contribution in [2.75, 3.05) is 13.7 Å². The molecule has 8 heteroatoms. The zero-order chi connectivity index (χ0) is 29.7. The van der Waals surface area contributed by atoms with Crippen molar-refractivity contribution in [3.63, 3.8) is 0 Å². The topological polar surface area (TPSA) is 105 Å². The molecule has 0 aromatic rings. The first-order valence-electron chi connectivity index (χ1n) is 15.2. The third-order valence-electron chi connectivity index (χ3n) is 10.9. The maximum Gasteiger partial charge on any atom is 0.312 e. The van der Waals surface area contributed by atoms with Gasteiger partial charge in [0.2, 0.25) is 0 Å². The molecule has 4 saturated carbocycles. The largest absolute Gasteiger partial charge is 0.469 e. The van der Waals surface area contributed by atoms with Crippen LogP contribution in [0.5, 0.6) is 0 Å². The fourth-order valence-electron chi connectivity index (χ4n) is 8.59. The van der Waals surface area contributed by atoms with E-state index in [1.807, 2.05) is 13.8 Å². The van der Waals surface area contributed by atoms with Crippen molar-refractivity contribution >= 4 is 23.9 Å². The van der Waals surface area contributed by atoms with Crippen LogP contribution in [-0.4, -0.2) is 48.8 Å². The highest BCUT2D eigenvalue weighted by Crippen LogP contribution is 2.60. The zero-order valence-electron chi connectivity index (χ0n) is 25.9. The Morgan fingerprint density at radius 1 is 0.850 bits per heavy atom. The molecule has 5 aliphatic rings. The van der Waals surface area contributed by atoms with Crippen LogP contribution in [0.25, 0.3) is 0 Å². The van der Waals surface area contributed by atoms with Crippen LogP contribution in [0.1, 0.15) is 113 Å². The molecule has 1 heterocycles. The van der Waals surface area contributed by atoms with E-state index in [4.69, 9.17) is 18.9 Å². The molecule has 0 aromatic heterocycles. The van der Waals surface area contributed by atoms with Gasteiger partial charge < -0.3 is 18.9 Å². The molecule has 1 saturated heterocycles. The minimum atomic E-state index is -1.15. The van der Waals surface area contributed by atoms with Crippen molar-refractivity contribution in [2.24, 2.45) is 39.9 Å². The molecule has 0 amide bonds. The van der Waals surface area contributed by atoms with E-state index in [-0.39, 0.29) is 31.8 Å². The number of carbonyl (C=O) groups is 4. The summed E-state index contributed by atoms with van der Waals surface area (Å²) in [5, 5.41) is 0. The second kappa shape index (κ2) is 10.6. The van der Waals surface area contributed by atoms with Crippen LogP contribution in [0, 0.1) is 39.9 Å². The zero-order valence-corrected chi connectivity index (χ0v) is 25.9. The highest BCUT2D eigenvalue weighted by atomic mass is 16.6. The molecule has 4 aliphatic carbocycles. The third kappa shape index (κ3) is 5.78. The van der Waals surface area contributed by atoms with Gasteiger partial charge in [-0.1, -0.05) is 6.92 Å². The standard InChI is InChI=1S/C32H50O8/c1-9-29(4,27(36)40-32(7)22-13-20-12-21(15-22)16-23(32)14-20)19-30(5,26(35)37-8)18-28(2,3)25(34)39-31(6)10-11-38-24(33)17-31/h20-23H,9-19H2,1-8H3. The van der Waals surface area contributed by atoms with Gasteiger partial charge in [-0.3, -0.25) is 19.2 Å². The minimum absolute atomic E-state index is 0.00884. The molecule has 4 bridgehead atoms. The SMILES string of the molecule is CCC(C)(CC(C)(CC(C)(C)C(=O)OC1(C)CCOC(=O)C1)C(=O)OC)C(=O)OC1(C)C2CC3CC(C2)CC1C3. The number of esters is 4. The van der Waals surface area contributed by atoms with Gasteiger partial charge in [0.15, 0.2) is 0 Å². The van der Waals surface area contributed by atoms with Gasteiger partial charge >= 0.3 is 23.9 Å². The molecule has 3 atom stereocenters. The predicted octanol–water partition coefficient (Wildman–Crippen LogP) is 5.79. The molecular weight excluding hydrogens is 512 g/mol. The van der Waals surface area contributed by atoms with Crippen molar-refractivity contribution in [3.05, 3.63) is 0 Å². The van der Waals surface area contributed by atoms with Gasteiger partial charge in [-0.2, -0.15) is 0 Å². The monoisotopic (exact) mass is 562 g/mol. The lowest BCUT2D eigenvalue weighted by Crippen LogP contribution is -2.59. The molecule has 5 fully saturated rings. The Labute approximate surface area is 239 Å². The van der Waals surface area contributed by atoms with E-state index in [0.29, 0.717) is 24.7 Å². The Bertz CT molecular complexity index is 1000. The van der Waals surface area contributed by atoms with E-state index < -0.39 is 45.4 Å². The molecular formula is C32H50O8. The van der Waals surface area contributed by atoms with Crippen LogP contribution in [0.3, 0.4) is 0 Å². The molecule has 8 nitrogen and oxygen atoms in total. The summed E-state index contributed by atoms with van der Waals surface area (Å²) < 4.78 is 22.6. The Hall–Kier alpha value is -2.12. The van der Waals surface area contributed by atoms with E-state index in [1.165, 1.54) is 13.5 Å². The summed E-state index contributed by atoms with van der Waals surface area (Å²) in [5.41, 5.74) is -4.61. The van der Waals surface area contributed by atoms with Crippen LogP contribution in [0.4, 0.5) is 0 Å². The summed E-state index contributed by atoms with van der Waals surface area (Å²) in [6.45, 7) is 13.1. The minimum Gasteiger partial charge on any atom is -0.469 e. The van der Waals surface area contributed by atoms with Crippen LogP contribution in [0.2, 0.25) is 0 Å². The first kappa shape index (κ1) is 30.8. The van der Waals surface area contributed by atoms with Gasteiger partial charge in [0.25, 0.3) is 0 Å². The Morgan fingerprint density at radius 3 is 1.93 bits per heavy atom. The van der Waals surface area contributed by atoms with Gasteiger partial charge in [-0.05, 0) is 117 Å². The molecule has 40 heavy (non-hydrogen) atoms. The van der Waals surface area contributed by atoms with Crippen molar-refractivity contribution in [3.8, 4) is 0 Å². The maximum atomic E-state index is 14.0. The molecule has 5 rings (SSSR count). The van der Waals surface area contributed by atoms with Crippen molar-refractivity contribution in [1.82, 2.24) is 0 Å². The Morgan fingerprint density at radius 2 is 1.43 bits per heavy atom. The van der Waals surface area contributed by atoms with Gasteiger partial charge in [-0.25, -0.2) is 0 Å². The number of hydrogen-bond donors (Lipinski definition) is 0. The summed E-state index contributed by atoms with van der Waals surface area (Å²) in [5.74, 6) is 0.671. The van der Waals surface area contributed by atoms with Gasteiger partial charge in [0, 0.05) is 6.42 Å². The number of carbonyl (C=O) groups excluding carboxylic acids is 4. The maximum absolute atomic E-state index is 14.0. The molecule has 0 spiro atoms. The number of cyclic esters (lactones) is 1. The quantitative estimate of drug-likeness (QED) is 0.244. The van der Waals surface area contributed by atoms with Crippen LogP contribution in [0.15, 0.2) is 0 Å². The summed E-state index contributed by atoms with van der Waals surface area (Å²) >= 11 is 0.